The summed E-state index contributed by atoms with van der Waals surface area (Å²) in [5.74, 6) is 0.0875. The van der Waals surface area contributed by atoms with Crippen LogP contribution >= 0.6 is 0 Å². The van der Waals surface area contributed by atoms with Gasteiger partial charge in [0, 0.05) is 41.4 Å². The van der Waals surface area contributed by atoms with Gasteiger partial charge in [0.25, 0.3) is 11.8 Å². The summed E-state index contributed by atoms with van der Waals surface area (Å²) in [6.07, 6.45) is 0. The van der Waals surface area contributed by atoms with Gasteiger partial charge in [-0.2, -0.15) is 0 Å². The van der Waals surface area contributed by atoms with E-state index < -0.39 is 5.63 Å². The predicted octanol–water partition coefficient (Wildman–Crippen LogP) is 3.91. The van der Waals surface area contributed by atoms with Crippen LogP contribution in [0.15, 0.2) is 51.7 Å². The molecule has 0 atom stereocenters. The Labute approximate surface area is 180 Å². The second-order valence-electron chi connectivity index (χ2n) is 7.21. The van der Waals surface area contributed by atoms with Crippen LogP contribution in [0.4, 0.5) is 5.69 Å². The van der Waals surface area contributed by atoms with Crippen molar-refractivity contribution in [3.05, 3.63) is 69.6 Å². The monoisotopic (exact) mass is 422 g/mol. The van der Waals surface area contributed by atoms with E-state index >= 15 is 0 Å². The second-order valence-corrected chi connectivity index (χ2v) is 7.21. The lowest BCUT2D eigenvalue weighted by molar-refractivity contribution is -0.118. The Morgan fingerprint density at radius 2 is 1.71 bits per heavy atom. The van der Waals surface area contributed by atoms with E-state index in [-0.39, 0.29) is 18.4 Å². The number of fused-ring (bicyclic) bond motifs is 1. The Balaban J connectivity index is 1.65. The second kappa shape index (κ2) is 9.47. The van der Waals surface area contributed by atoms with E-state index in [1.165, 1.54) is 6.07 Å². The van der Waals surface area contributed by atoms with E-state index in [9.17, 15) is 14.4 Å². The molecule has 0 aliphatic heterocycles. The van der Waals surface area contributed by atoms with E-state index in [1.54, 1.807) is 48.2 Å². The molecule has 0 unspecified atom stereocenters. The van der Waals surface area contributed by atoms with Gasteiger partial charge in [0.15, 0.2) is 6.61 Å². The maximum Gasteiger partial charge on any atom is 0.336 e. The van der Waals surface area contributed by atoms with E-state index in [0.29, 0.717) is 41.2 Å². The molecule has 2 amide bonds. The van der Waals surface area contributed by atoms with Crippen molar-refractivity contribution in [2.75, 3.05) is 25.0 Å². The number of nitrogens with one attached hydrogen (secondary N) is 1. The Morgan fingerprint density at radius 1 is 1.03 bits per heavy atom. The van der Waals surface area contributed by atoms with Crippen LogP contribution in [0, 0.1) is 13.8 Å². The van der Waals surface area contributed by atoms with Crippen LogP contribution in [-0.2, 0) is 4.79 Å². The van der Waals surface area contributed by atoms with Gasteiger partial charge < -0.3 is 19.4 Å². The minimum Gasteiger partial charge on any atom is -0.483 e. The predicted molar refractivity (Wildman–Crippen MR) is 120 cm³/mol. The summed E-state index contributed by atoms with van der Waals surface area (Å²) in [5.41, 5.74) is 2.65. The fourth-order valence-electron chi connectivity index (χ4n) is 3.39. The van der Waals surface area contributed by atoms with Gasteiger partial charge in [-0.05, 0) is 69.7 Å². The molecule has 0 saturated heterocycles. The standard InChI is InChI=1S/C24H26N2O5/c1-5-26(6-2)24(29)17-7-9-18(10-8-17)25-21(27)14-30-20-12-11-19-15(3)13-22(28)31-23(19)16(20)4/h7-13H,5-6,14H2,1-4H3,(H,25,27). The molecule has 1 heterocycles. The van der Waals surface area contributed by atoms with Crippen molar-refractivity contribution in [2.24, 2.45) is 0 Å². The molecule has 31 heavy (non-hydrogen) atoms. The SMILES string of the molecule is CCN(CC)C(=O)c1ccc(NC(=O)COc2ccc3c(C)cc(=O)oc3c2C)cc1. The van der Waals surface area contributed by atoms with Crippen molar-refractivity contribution in [1.82, 2.24) is 4.90 Å². The first-order chi connectivity index (χ1) is 14.8. The molecule has 0 radical (unpaired) electrons. The number of benzene rings is 2. The molecule has 0 spiro atoms. The minimum atomic E-state index is -0.425. The van der Waals surface area contributed by atoms with Crippen molar-refractivity contribution < 1.29 is 18.7 Å². The van der Waals surface area contributed by atoms with Crippen molar-refractivity contribution in [3.63, 3.8) is 0 Å². The summed E-state index contributed by atoms with van der Waals surface area (Å²) >= 11 is 0. The Morgan fingerprint density at radius 3 is 2.35 bits per heavy atom. The summed E-state index contributed by atoms with van der Waals surface area (Å²) in [4.78, 5) is 38.1. The number of hydrogen-bond acceptors (Lipinski definition) is 5. The van der Waals surface area contributed by atoms with Crippen LogP contribution in [0.3, 0.4) is 0 Å². The number of ether oxygens (including phenoxy) is 1. The van der Waals surface area contributed by atoms with Gasteiger partial charge in [-0.1, -0.05) is 0 Å². The summed E-state index contributed by atoms with van der Waals surface area (Å²) < 4.78 is 11.0. The highest BCUT2D eigenvalue weighted by Crippen LogP contribution is 2.28. The van der Waals surface area contributed by atoms with E-state index in [1.807, 2.05) is 20.8 Å². The topological polar surface area (TPSA) is 88.9 Å². The van der Waals surface area contributed by atoms with Gasteiger partial charge in [-0.3, -0.25) is 9.59 Å². The van der Waals surface area contributed by atoms with Crippen molar-refractivity contribution in [1.29, 1.82) is 0 Å². The zero-order chi connectivity index (χ0) is 22.5. The van der Waals surface area contributed by atoms with Gasteiger partial charge >= 0.3 is 5.63 Å². The van der Waals surface area contributed by atoms with Gasteiger partial charge in [0.1, 0.15) is 11.3 Å². The zero-order valence-corrected chi connectivity index (χ0v) is 18.2. The summed E-state index contributed by atoms with van der Waals surface area (Å²) in [7, 11) is 0. The number of aryl methyl sites for hydroxylation is 2. The Kier molecular flexibility index (Phi) is 6.74. The van der Waals surface area contributed by atoms with Crippen molar-refractivity contribution in [2.45, 2.75) is 27.7 Å². The van der Waals surface area contributed by atoms with Crippen LogP contribution in [0.25, 0.3) is 11.0 Å². The molecule has 1 N–H and O–H groups in total. The van der Waals surface area contributed by atoms with Crippen LogP contribution in [0.2, 0.25) is 0 Å². The van der Waals surface area contributed by atoms with Crippen LogP contribution < -0.4 is 15.7 Å². The number of rotatable bonds is 7. The Bertz CT molecular complexity index is 1160. The molecule has 7 heteroatoms. The van der Waals surface area contributed by atoms with Gasteiger partial charge in [-0.15, -0.1) is 0 Å². The number of nitrogens with zero attached hydrogens (tertiary/aromatic N) is 1. The highest BCUT2D eigenvalue weighted by atomic mass is 16.5. The Hall–Kier alpha value is -3.61. The number of anilines is 1. The maximum absolute atomic E-state index is 12.4. The van der Waals surface area contributed by atoms with Gasteiger partial charge in [0.2, 0.25) is 0 Å². The smallest absolute Gasteiger partial charge is 0.336 e. The molecule has 7 nitrogen and oxygen atoms in total. The molecule has 2 aromatic carbocycles. The fourth-order valence-corrected chi connectivity index (χ4v) is 3.39. The molecule has 162 valence electrons. The average molecular weight is 422 g/mol. The van der Waals surface area contributed by atoms with Crippen LogP contribution in [0.5, 0.6) is 5.75 Å². The molecular weight excluding hydrogens is 396 g/mol. The number of amides is 2. The molecular formula is C24H26N2O5. The zero-order valence-electron chi connectivity index (χ0n) is 18.2. The highest BCUT2D eigenvalue weighted by molar-refractivity contribution is 5.96. The normalized spacial score (nSPS) is 10.7. The summed E-state index contributed by atoms with van der Waals surface area (Å²) in [6.45, 7) is 8.56. The molecule has 0 aliphatic carbocycles. The molecule has 0 fully saturated rings. The van der Waals surface area contributed by atoms with Crippen molar-refractivity contribution >= 4 is 28.5 Å². The van der Waals surface area contributed by atoms with Gasteiger partial charge in [0.05, 0.1) is 0 Å². The third-order valence-corrected chi connectivity index (χ3v) is 5.14. The lowest BCUT2D eigenvalue weighted by atomic mass is 10.1. The highest BCUT2D eigenvalue weighted by Gasteiger charge is 2.14. The first-order valence-corrected chi connectivity index (χ1v) is 10.2. The summed E-state index contributed by atoms with van der Waals surface area (Å²) in [6, 6.07) is 11.8. The fraction of sp³-hybridized carbons (Fsp3) is 0.292. The number of carbonyl (C=O) groups is 2. The molecule has 0 bridgehead atoms. The molecule has 3 rings (SSSR count). The quantitative estimate of drug-likeness (QED) is 0.583. The molecule has 3 aromatic rings. The van der Waals surface area contributed by atoms with Crippen molar-refractivity contribution in [3.8, 4) is 5.75 Å². The molecule has 0 aliphatic rings. The first kappa shape index (κ1) is 22.1. The minimum absolute atomic E-state index is 0.0418. The largest absolute Gasteiger partial charge is 0.483 e. The third kappa shape index (κ3) is 4.94. The summed E-state index contributed by atoms with van der Waals surface area (Å²) in [5, 5.41) is 3.58. The third-order valence-electron chi connectivity index (χ3n) is 5.14. The first-order valence-electron chi connectivity index (χ1n) is 10.2. The van der Waals surface area contributed by atoms with Gasteiger partial charge in [-0.25, -0.2) is 4.79 Å². The van der Waals surface area contributed by atoms with Crippen LogP contribution in [0.1, 0.15) is 35.3 Å². The molecule has 1 aromatic heterocycles. The van der Waals surface area contributed by atoms with Crippen LogP contribution in [-0.4, -0.2) is 36.4 Å². The maximum atomic E-state index is 12.4. The lowest BCUT2D eigenvalue weighted by Crippen LogP contribution is -2.30. The number of hydrogen-bond donors (Lipinski definition) is 1. The molecule has 0 saturated carbocycles. The number of carbonyl (C=O) groups excluding carboxylic acids is 2. The van der Waals surface area contributed by atoms with E-state index in [2.05, 4.69) is 5.32 Å². The lowest BCUT2D eigenvalue weighted by Gasteiger charge is -2.18. The van der Waals surface area contributed by atoms with E-state index in [4.69, 9.17) is 9.15 Å². The van der Waals surface area contributed by atoms with E-state index in [0.717, 1.165) is 10.9 Å². The average Bonchev–Trinajstić information content (AvgIpc) is 2.75.